The van der Waals surface area contributed by atoms with Crippen molar-refractivity contribution in [3.05, 3.63) is 53.1 Å². The second kappa shape index (κ2) is 7.49. The minimum atomic E-state index is -0.0470. The Morgan fingerprint density at radius 2 is 2.11 bits per heavy atom. The van der Waals surface area contributed by atoms with Gasteiger partial charge in [0.05, 0.1) is 16.7 Å². The van der Waals surface area contributed by atoms with Crippen LogP contribution in [0.3, 0.4) is 0 Å². The molecule has 4 rings (SSSR count). The quantitative estimate of drug-likeness (QED) is 0.377. The molecular formula is C17H17N7OS2. The summed E-state index contributed by atoms with van der Waals surface area (Å²) in [6.07, 6.45) is 1.77. The zero-order valence-corrected chi connectivity index (χ0v) is 16.3. The molecule has 0 amide bonds. The van der Waals surface area contributed by atoms with Gasteiger partial charge in [0, 0.05) is 13.1 Å². The minimum absolute atomic E-state index is 0.0470. The zero-order chi connectivity index (χ0) is 18.8. The van der Waals surface area contributed by atoms with Gasteiger partial charge in [0.15, 0.2) is 4.34 Å². The molecule has 0 fully saturated rings. The number of hydrogen-bond acceptors (Lipinski definition) is 8. The van der Waals surface area contributed by atoms with E-state index in [-0.39, 0.29) is 5.56 Å². The Hall–Kier alpha value is -2.72. The first-order chi connectivity index (χ1) is 13.2. The molecule has 4 aromatic rings. The maximum absolute atomic E-state index is 12.7. The number of fused-ring (bicyclic) bond motifs is 3. The first kappa shape index (κ1) is 17.7. The van der Waals surface area contributed by atoms with Crippen molar-refractivity contribution in [2.75, 3.05) is 11.9 Å². The lowest BCUT2D eigenvalue weighted by Crippen LogP contribution is -2.22. The number of para-hydroxylation sites is 1. The summed E-state index contributed by atoms with van der Waals surface area (Å²) in [6.45, 7) is 6.78. The summed E-state index contributed by atoms with van der Waals surface area (Å²) in [7, 11) is 0. The second-order valence-corrected chi connectivity index (χ2v) is 7.85. The van der Waals surface area contributed by atoms with Gasteiger partial charge in [-0.1, -0.05) is 41.3 Å². The Labute approximate surface area is 163 Å². The van der Waals surface area contributed by atoms with Crippen molar-refractivity contribution in [2.45, 2.75) is 23.6 Å². The fraction of sp³-hybridized carbons (Fsp3) is 0.235. The SMILES string of the molecule is C=CCNc1nnc(SCc2nnc3n(CC)c(=O)c4ccccc4n23)s1. The molecule has 0 aliphatic rings. The molecule has 0 atom stereocenters. The largest absolute Gasteiger partial charge is 0.357 e. The molecule has 0 radical (unpaired) electrons. The van der Waals surface area contributed by atoms with E-state index in [2.05, 4.69) is 32.3 Å². The molecule has 3 aromatic heterocycles. The third-order valence-corrected chi connectivity index (χ3v) is 6.03. The number of rotatable bonds is 7. The number of aromatic nitrogens is 6. The summed E-state index contributed by atoms with van der Waals surface area (Å²) >= 11 is 3.02. The monoisotopic (exact) mass is 399 g/mol. The lowest BCUT2D eigenvalue weighted by molar-refractivity contribution is 0.735. The van der Waals surface area contributed by atoms with Crippen molar-refractivity contribution in [2.24, 2.45) is 0 Å². The van der Waals surface area contributed by atoms with Crippen molar-refractivity contribution < 1.29 is 0 Å². The highest BCUT2D eigenvalue weighted by molar-refractivity contribution is 8.00. The van der Waals surface area contributed by atoms with Gasteiger partial charge in [-0.15, -0.1) is 27.0 Å². The molecule has 0 aliphatic carbocycles. The Kier molecular flexibility index (Phi) is 4.90. The van der Waals surface area contributed by atoms with E-state index >= 15 is 0 Å². The number of benzene rings is 1. The molecule has 0 saturated carbocycles. The first-order valence-electron chi connectivity index (χ1n) is 8.39. The van der Waals surface area contributed by atoms with E-state index in [4.69, 9.17) is 0 Å². The number of thioether (sulfide) groups is 1. The van der Waals surface area contributed by atoms with E-state index in [1.165, 1.54) is 11.3 Å². The molecule has 3 heterocycles. The van der Waals surface area contributed by atoms with Crippen LogP contribution in [0.2, 0.25) is 0 Å². The molecule has 0 bridgehead atoms. The summed E-state index contributed by atoms with van der Waals surface area (Å²) in [5.74, 6) is 1.90. The van der Waals surface area contributed by atoms with Crippen molar-refractivity contribution in [1.82, 2.24) is 29.4 Å². The Balaban J connectivity index is 1.70. The van der Waals surface area contributed by atoms with E-state index in [0.29, 0.717) is 30.0 Å². The van der Waals surface area contributed by atoms with Crippen LogP contribution in [0.25, 0.3) is 16.7 Å². The van der Waals surface area contributed by atoms with E-state index in [1.54, 1.807) is 22.4 Å². The average molecular weight is 400 g/mol. The van der Waals surface area contributed by atoms with Crippen LogP contribution in [0.15, 0.2) is 46.1 Å². The predicted molar refractivity (Wildman–Crippen MR) is 109 cm³/mol. The molecule has 8 nitrogen and oxygen atoms in total. The molecule has 27 heavy (non-hydrogen) atoms. The van der Waals surface area contributed by atoms with Gasteiger partial charge in [0.2, 0.25) is 10.9 Å². The van der Waals surface area contributed by atoms with Gasteiger partial charge in [0.25, 0.3) is 5.56 Å². The van der Waals surface area contributed by atoms with Gasteiger partial charge in [-0.25, -0.2) is 0 Å². The van der Waals surface area contributed by atoms with Gasteiger partial charge in [-0.2, -0.15) is 0 Å². The van der Waals surface area contributed by atoms with Gasteiger partial charge in [0.1, 0.15) is 5.82 Å². The van der Waals surface area contributed by atoms with Crippen LogP contribution in [0.1, 0.15) is 12.7 Å². The van der Waals surface area contributed by atoms with Crippen molar-refractivity contribution in [3.8, 4) is 0 Å². The van der Waals surface area contributed by atoms with Crippen molar-refractivity contribution >= 4 is 44.9 Å². The second-order valence-electron chi connectivity index (χ2n) is 5.65. The number of anilines is 1. The van der Waals surface area contributed by atoms with Gasteiger partial charge in [-0.3, -0.25) is 13.8 Å². The molecular weight excluding hydrogens is 382 g/mol. The smallest absolute Gasteiger partial charge is 0.262 e. The van der Waals surface area contributed by atoms with E-state index in [1.807, 2.05) is 35.6 Å². The molecule has 0 saturated heterocycles. The molecule has 0 aliphatic heterocycles. The topological polar surface area (TPSA) is 90.0 Å². The Bertz CT molecular complexity index is 1180. The van der Waals surface area contributed by atoms with E-state index in [9.17, 15) is 4.79 Å². The molecule has 138 valence electrons. The van der Waals surface area contributed by atoms with Gasteiger partial charge >= 0.3 is 0 Å². The van der Waals surface area contributed by atoms with Crippen LogP contribution in [-0.2, 0) is 12.3 Å². The number of hydrogen-bond donors (Lipinski definition) is 1. The van der Waals surface area contributed by atoms with E-state index < -0.39 is 0 Å². The minimum Gasteiger partial charge on any atom is -0.357 e. The molecule has 1 N–H and O–H groups in total. The normalized spacial score (nSPS) is 11.3. The zero-order valence-electron chi connectivity index (χ0n) is 14.6. The van der Waals surface area contributed by atoms with Crippen LogP contribution in [-0.4, -0.2) is 35.9 Å². The van der Waals surface area contributed by atoms with Gasteiger partial charge < -0.3 is 5.32 Å². The van der Waals surface area contributed by atoms with Crippen LogP contribution in [0.4, 0.5) is 5.13 Å². The maximum Gasteiger partial charge on any atom is 0.262 e. The molecule has 0 spiro atoms. The Morgan fingerprint density at radius 3 is 2.93 bits per heavy atom. The Morgan fingerprint density at radius 1 is 1.26 bits per heavy atom. The third-order valence-electron chi connectivity index (χ3n) is 4.02. The lowest BCUT2D eigenvalue weighted by Gasteiger charge is -2.09. The highest BCUT2D eigenvalue weighted by Gasteiger charge is 2.16. The fourth-order valence-corrected chi connectivity index (χ4v) is 4.49. The number of aryl methyl sites for hydroxylation is 1. The highest BCUT2D eigenvalue weighted by atomic mass is 32.2. The van der Waals surface area contributed by atoms with Crippen molar-refractivity contribution in [1.29, 1.82) is 0 Å². The van der Waals surface area contributed by atoms with Crippen LogP contribution in [0.5, 0.6) is 0 Å². The fourth-order valence-electron chi connectivity index (χ4n) is 2.82. The summed E-state index contributed by atoms with van der Waals surface area (Å²) in [5.41, 5.74) is 0.766. The number of nitrogens with zero attached hydrogens (tertiary/aromatic N) is 6. The summed E-state index contributed by atoms with van der Waals surface area (Å²) in [5, 5.41) is 21.4. The lowest BCUT2D eigenvalue weighted by atomic mass is 10.2. The van der Waals surface area contributed by atoms with Crippen LogP contribution in [0, 0.1) is 0 Å². The maximum atomic E-state index is 12.7. The summed E-state index contributed by atoms with van der Waals surface area (Å²) in [4.78, 5) is 12.7. The molecule has 10 heteroatoms. The van der Waals surface area contributed by atoms with Crippen LogP contribution >= 0.6 is 23.1 Å². The summed E-state index contributed by atoms with van der Waals surface area (Å²) in [6, 6.07) is 7.54. The van der Waals surface area contributed by atoms with Crippen LogP contribution < -0.4 is 10.9 Å². The van der Waals surface area contributed by atoms with Gasteiger partial charge in [-0.05, 0) is 19.1 Å². The predicted octanol–water partition coefficient (Wildman–Crippen LogP) is 2.81. The van der Waals surface area contributed by atoms with E-state index in [0.717, 1.165) is 20.8 Å². The third kappa shape index (κ3) is 3.21. The first-order valence-corrected chi connectivity index (χ1v) is 10.2. The highest BCUT2D eigenvalue weighted by Crippen LogP contribution is 2.28. The summed E-state index contributed by atoms with van der Waals surface area (Å²) < 4.78 is 4.43. The molecule has 0 unspecified atom stereocenters. The standard InChI is InChI=1S/C17H17N7OS2/c1-3-9-18-15-20-22-17(27-15)26-10-13-19-21-16-23(4-2)14(25)11-7-5-6-8-12(11)24(13)16/h3,5-8H,1,4,9-10H2,2H3,(H,18,20). The van der Waals surface area contributed by atoms with Crippen molar-refractivity contribution in [3.63, 3.8) is 0 Å². The average Bonchev–Trinajstić information content (AvgIpc) is 3.32. The number of nitrogens with one attached hydrogen (secondary N) is 1. The molecule has 1 aromatic carbocycles.